The van der Waals surface area contributed by atoms with Gasteiger partial charge in [0.1, 0.15) is 0 Å². The summed E-state index contributed by atoms with van der Waals surface area (Å²) in [5.74, 6) is 0.192. The van der Waals surface area contributed by atoms with Crippen LogP contribution in [0.1, 0.15) is 45.4 Å². The Morgan fingerprint density at radius 1 is 1.10 bits per heavy atom. The number of carbonyl (C=O) groups excluding carboxylic acids is 1. The van der Waals surface area contributed by atoms with Crippen LogP contribution in [-0.4, -0.2) is 50.8 Å². The Hall–Kier alpha value is -0.870. The van der Waals surface area contributed by atoms with E-state index in [2.05, 4.69) is 13.5 Å². The van der Waals surface area contributed by atoms with Gasteiger partial charge in [-0.15, -0.1) is 6.58 Å². The first-order valence-corrected chi connectivity index (χ1v) is 7.72. The van der Waals surface area contributed by atoms with E-state index >= 15 is 0 Å². The standard InChI is InChI=1S/C16H31NO3/c1-4-6-8-9-10-16(18)17(3)11-13-20-15-14-19-12-7-5-2/h4H,1,5-15H2,2-3H3. The topological polar surface area (TPSA) is 38.8 Å². The smallest absolute Gasteiger partial charge is 0.222 e. The maximum absolute atomic E-state index is 11.8. The monoisotopic (exact) mass is 285 g/mol. The summed E-state index contributed by atoms with van der Waals surface area (Å²) in [7, 11) is 1.83. The van der Waals surface area contributed by atoms with E-state index in [9.17, 15) is 4.79 Å². The lowest BCUT2D eigenvalue weighted by Crippen LogP contribution is -2.30. The van der Waals surface area contributed by atoms with Gasteiger partial charge in [0.05, 0.1) is 19.8 Å². The summed E-state index contributed by atoms with van der Waals surface area (Å²) in [4.78, 5) is 13.5. The average molecular weight is 285 g/mol. The zero-order chi connectivity index (χ0) is 15.1. The Bertz CT molecular complexity index is 244. The first-order chi connectivity index (χ1) is 9.72. The third kappa shape index (κ3) is 12.2. The highest BCUT2D eigenvalue weighted by atomic mass is 16.5. The lowest BCUT2D eigenvalue weighted by Gasteiger charge is -2.17. The van der Waals surface area contributed by atoms with Gasteiger partial charge < -0.3 is 14.4 Å². The van der Waals surface area contributed by atoms with E-state index in [4.69, 9.17) is 9.47 Å². The van der Waals surface area contributed by atoms with Crippen LogP contribution in [0.5, 0.6) is 0 Å². The predicted octanol–water partition coefficient (Wildman–Crippen LogP) is 3.02. The van der Waals surface area contributed by atoms with Gasteiger partial charge in [-0.05, 0) is 25.7 Å². The fraction of sp³-hybridized carbons (Fsp3) is 0.812. The molecule has 0 aromatic heterocycles. The van der Waals surface area contributed by atoms with Gasteiger partial charge in [0.15, 0.2) is 0 Å². The van der Waals surface area contributed by atoms with Crippen LogP contribution in [0, 0.1) is 0 Å². The number of nitrogens with zero attached hydrogens (tertiary/aromatic N) is 1. The summed E-state index contributed by atoms with van der Waals surface area (Å²) < 4.78 is 10.8. The molecule has 20 heavy (non-hydrogen) atoms. The Morgan fingerprint density at radius 2 is 1.80 bits per heavy atom. The van der Waals surface area contributed by atoms with Crippen LogP contribution in [0.2, 0.25) is 0 Å². The minimum absolute atomic E-state index is 0.192. The summed E-state index contributed by atoms with van der Waals surface area (Å²) in [6, 6.07) is 0. The van der Waals surface area contributed by atoms with Crippen molar-refractivity contribution in [3.63, 3.8) is 0 Å². The molecule has 1 amide bonds. The van der Waals surface area contributed by atoms with Gasteiger partial charge in [-0.25, -0.2) is 0 Å². The fourth-order valence-electron chi connectivity index (χ4n) is 1.65. The molecule has 0 saturated heterocycles. The number of unbranched alkanes of at least 4 members (excludes halogenated alkanes) is 3. The number of amides is 1. The van der Waals surface area contributed by atoms with E-state index in [1.54, 1.807) is 4.90 Å². The van der Waals surface area contributed by atoms with Gasteiger partial charge in [0, 0.05) is 26.6 Å². The van der Waals surface area contributed by atoms with E-state index < -0.39 is 0 Å². The molecule has 4 nitrogen and oxygen atoms in total. The Morgan fingerprint density at radius 3 is 2.45 bits per heavy atom. The molecule has 0 atom stereocenters. The van der Waals surface area contributed by atoms with Crippen molar-refractivity contribution < 1.29 is 14.3 Å². The molecule has 0 aromatic rings. The zero-order valence-electron chi connectivity index (χ0n) is 13.2. The number of allylic oxidation sites excluding steroid dienone is 1. The molecule has 0 fully saturated rings. The summed E-state index contributed by atoms with van der Waals surface area (Å²) >= 11 is 0. The van der Waals surface area contributed by atoms with E-state index in [0.29, 0.717) is 32.8 Å². The zero-order valence-corrected chi connectivity index (χ0v) is 13.2. The lowest BCUT2D eigenvalue weighted by atomic mass is 10.2. The number of hydrogen-bond acceptors (Lipinski definition) is 3. The molecular weight excluding hydrogens is 254 g/mol. The van der Waals surface area contributed by atoms with Gasteiger partial charge in [-0.1, -0.05) is 19.4 Å². The van der Waals surface area contributed by atoms with Gasteiger partial charge in [-0.3, -0.25) is 4.79 Å². The lowest BCUT2D eigenvalue weighted by molar-refractivity contribution is -0.130. The van der Waals surface area contributed by atoms with E-state index in [0.717, 1.165) is 38.7 Å². The predicted molar refractivity (Wildman–Crippen MR) is 82.8 cm³/mol. The largest absolute Gasteiger partial charge is 0.379 e. The van der Waals surface area contributed by atoms with E-state index in [1.807, 2.05) is 13.1 Å². The van der Waals surface area contributed by atoms with Gasteiger partial charge in [0.2, 0.25) is 5.91 Å². The van der Waals surface area contributed by atoms with E-state index in [-0.39, 0.29) is 5.91 Å². The molecule has 0 aromatic carbocycles. The fourth-order valence-corrected chi connectivity index (χ4v) is 1.65. The van der Waals surface area contributed by atoms with Gasteiger partial charge in [-0.2, -0.15) is 0 Å². The van der Waals surface area contributed by atoms with Gasteiger partial charge in [0.25, 0.3) is 0 Å². The minimum atomic E-state index is 0.192. The van der Waals surface area contributed by atoms with Crippen molar-refractivity contribution in [3.8, 4) is 0 Å². The summed E-state index contributed by atoms with van der Waals surface area (Å²) in [6.07, 6.45) is 7.72. The first kappa shape index (κ1) is 19.1. The number of rotatable bonds is 14. The summed E-state index contributed by atoms with van der Waals surface area (Å²) in [6.45, 7) is 9.09. The second-order valence-electron chi connectivity index (χ2n) is 4.93. The molecule has 0 radical (unpaired) electrons. The molecule has 0 unspecified atom stereocenters. The Labute approximate surface area is 124 Å². The SMILES string of the molecule is C=CCCCCC(=O)N(C)CCOCCOCCCC. The maximum atomic E-state index is 11.8. The van der Waals surface area contributed by atoms with Crippen molar-refractivity contribution >= 4 is 5.91 Å². The number of ether oxygens (including phenoxy) is 2. The molecular formula is C16H31NO3. The molecule has 0 aliphatic carbocycles. The van der Waals surface area contributed by atoms with Crippen molar-refractivity contribution in [2.75, 3.05) is 40.0 Å². The molecule has 0 bridgehead atoms. The quantitative estimate of drug-likeness (QED) is 0.364. The Balaban J connectivity index is 3.36. The molecule has 4 heteroatoms. The average Bonchev–Trinajstić information content (AvgIpc) is 2.46. The van der Waals surface area contributed by atoms with Crippen molar-refractivity contribution in [2.45, 2.75) is 45.4 Å². The third-order valence-corrected chi connectivity index (χ3v) is 3.06. The van der Waals surface area contributed by atoms with Crippen LogP contribution >= 0.6 is 0 Å². The van der Waals surface area contributed by atoms with Crippen LogP contribution in [0.4, 0.5) is 0 Å². The van der Waals surface area contributed by atoms with Crippen molar-refractivity contribution in [1.82, 2.24) is 4.90 Å². The normalized spacial score (nSPS) is 10.5. The molecule has 118 valence electrons. The molecule has 0 saturated carbocycles. The molecule has 0 spiro atoms. The van der Waals surface area contributed by atoms with Crippen LogP contribution in [0.3, 0.4) is 0 Å². The molecule has 0 N–H and O–H groups in total. The molecule has 0 aliphatic rings. The maximum Gasteiger partial charge on any atom is 0.222 e. The van der Waals surface area contributed by atoms with Gasteiger partial charge >= 0.3 is 0 Å². The molecule has 0 rings (SSSR count). The summed E-state index contributed by atoms with van der Waals surface area (Å²) in [5.41, 5.74) is 0. The molecule has 0 aliphatic heterocycles. The number of carbonyl (C=O) groups is 1. The minimum Gasteiger partial charge on any atom is -0.379 e. The van der Waals surface area contributed by atoms with Crippen molar-refractivity contribution in [2.24, 2.45) is 0 Å². The van der Waals surface area contributed by atoms with Crippen LogP contribution in [0.15, 0.2) is 12.7 Å². The summed E-state index contributed by atoms with van der Waals surface area (Å²) in [5, 5.41) is 0. The third-order valence-electron chi connectivity index (χ3n) is 3.06. The number of hydrogen-bond donors (Lipinski definition) is 0. The second kappa shape index (κ2) is 14.5. The highest BCUT2D eigenvalue weighted by Crippen LogP contribution is 2.02. The highest BCUT2D eigenvalue weighted by molar-refractivity contribution is 5.75. The first-order valence-electron chi connectivity index (χ1n) is 7.72. The second-order valence-corrected chi connectivity index (χ2v) is 4.93. The Kier molecular flexibility index (Phi) is 13.9. The van der Waals surface area contributed by atoms with Crippen LogP contribution in [0.25, 0.3) is 0 Å². The van der Waals surface area contributed by atoms with Crippen LogP contribution < -0.4 is 0 Å². The number of likely N-dealkylation sites (N-methyl/N-ethyl adjacent to an activating group) is 1. The van der Waals surface area contributed by atoms with E-state index in [1.165, 1.54) is 0 Å². The van der Waals surface area contributed by atoms with Crippen molar-refractivity contribution in [1.29, 1.82) is 0 Å². The molecule has 0 heterocycles. The van der Waals surface area contributed by atoms with Crippen molar-refractivity contribution in [3.05, 3.63) is 12.7 Å². The highest BCUT2D eigenvalue weighted by Gasteiger charge is 2.07. The van der Waals surface area contributed by atoms with Crippen LogP contribution in [-0.2, 0) is 14.3 Å².